The van der Waals surface area contributed by atoms with E-state index in [4.69, 9.17) is 11.6 Å². The lowest BCUT2D eigenvalue weighted by atomic mass is 10.0. The van der Waals surface area contributed by atoms with Crippen molar-refractivity contribution in [1.29, 1.82) is 0 Å². The third kappa shape index (κ3) is 9.30. The SMILES string of the molecule is CC(C)CNC(=O)[C@H](Cc1ccccc1)N(Cc1ccc(Br)cc1)C(=O)CSCc1cccc(Cl)c1. The van der Waals surface area contributed by atoms with Gasteiger partial charge in [0.15, 0.2) is 0 Å². The van der Waals surface area contributed by atoms with Crippen molar-refractivity contribution in [3.8, 4) is 0 Å². The molecular formula is C29H32BrClN2O2S. The van der Waals surface area contributed by atoms with E-state index in [-0.39, 0.29) is 17.6 Å². The zero-order valence-electron chi connectivity index (χ0n) is 20.6. The van der Waals surface area contributed by atoms with E-state index in [0.717, 1.165) is 21.2 Å². The molecule has 36 heavy (non-hydrogen) atoms. The Hall–Kier alpha value is -2.28. The van der Waals surface area contributed by atoms with Gasteiger partial charge in [-0.2, -0.15) is 0 Å². The lowest BCUT2D eigenvalue weighted by Crippen LogP contribution is -2.51. The summed E-state index contributed by atoms with van der Waals surface area (Å²) >= 11 is 11.1. The van der Waals surface area contributed by atoms with E-state index in [1.807, 2.05) is 78.9 Å². The van der Waals surface area contributed by atoms with Gasteiger partial charge in [0.1, 0.15) is 6.04 Å². The molecule has 0 aliphatic rings. The third-order valence-corrected chi connectivity index (χ3v) is 7.36. The Bertz CT molecular complexity index is 1130. The molecule has 0 heterocycles. The number of halogens is 2. The minimum Gasteiger partial charge on any atom is -0.354 e. The maximum absolute atomic E-state index is 13.6. The highest BCUT2D eigenvalue weighted by molar-refractivity contribution is 9.10. The molecule has 1 N–H and O–H groups in total. The fraction of sp³-hybridized carbons (Fsp3) is 0.310. The Morgan fingerprint density at radius 3 is 2.31 bits per heavy atom. The average molecular weight is 588 g/mol. The Labute approximate surface area is 231 Å². The van der Waals surface area contributed by atoms with Gasteiger partial charge >= 0.3 is 0 Å². The highest BCUT2D eigenvalue weighted by Crippen LogP contribution is 2.21. The van der Waals surface area contributed by atoms with Crippen molar-refractivity contribution < 1.29 is 9.59 Å². The summed E-state index contributed by atoms with van der Waals surface area (Å²) < 4.78 is 0.969. The van der Waals surface area contributed by atoms with E-state index in [2.05, 4.69) is 35.1 Å². The highest BCUT2D eigenvalue weighted by Gasteiger charge is 2.30. The van der Waals surface area contributed by atoms with Crippen molar-refractivity contribution >= 4 is 51.1 Å². The minimum atomic E-state index is -0.617. The molecule has 0 bridgehead atoms. The van der Waals surface area contributed by atoms with Crippen LogP contribution >= 0.6 is 39.3 Å². The first-order valence-corrected chi connectivity index (χ1v) is 14.3. The van der Waals surface area contributed by atoms with Gasteiger partial charge in [-0.05, 0) is 46.9 Å². The summed E-state index contributed by atoms with van der Waals surface area (Å²) in [4.78, 5) is 28.8. The van der Waals surface area contributed by atoms with Gasteiger partial charge in [-0.3, -0.25) is 9.59 Å². The van der Waals surface area contributed by atoms with Crippen LogP contribution in [0.1, 0.15) is 30.5 Å². The first-order valence-electron chi connectivity index (χ1n) is 12.0. The van der Waals surface area contributed by atoms with E-state index < -0.39 is 6.04 Å². The van der Waals surface area contributed by atoms with E-state index in [1.165, 1.54) is 11.8 Å². The van der Waals surface area contributed by atoms with Crippen LogP contribution < -0.4 is 5.32 Å². The predicted molar refractivity (Wildman–Crippen MR) is 154 cm³/mol. The number of nitrogens with zero attached hydrogens (tertiary/aromatic N) is 1. The smallest absolute Gasteiger partial charge is 0.243 e. The van der Waals surface area contributed by atoms with Crippen molar-refractivity contribution in [3.63, 3.8) is 0 Å². The van der Waals surface area contributed by atoms with Crippen molar-refractivity contribution in [1.82, 2.24) is 10.2 Å². The van der Waals surface area contributed by atoms with Crippen LogP contribution in [-0.4, -0.2) is 35.1 Å². The maximum Gasteiger partial charge on any atom is 0.243 e. The molecule has 0 saturated carbocycles. The highest BCUT2D eigenvalue weighted by atomic mass is 79.9. The van der Waals surface area contributed by atoms with Gasteiger partial charge in [-0.1, -0.05) is 96.0 Å². The average Bonchev–Trinajstić information content (AvgIpc) is 2.86. The fourth-order valence-corrected chi connectivity index (χ4v) is 5.06. The van der Waals surface area contributed by atoms with Gasteiger partial charge in [0.25, 0.3) is 0 Å². The molecule has 0 spiro atoms. The molecule has 3 aromatic rings. The topological polar surface area (TPSA) is 49.4 Å². The molecule has 0 fully saturated rings. The zero-order chi connectivity index (χ0) is 25.9. The quantitative estimate of drug-likeness (QED) is 0.255. The van der Waals surface area contributed by atoms with Crippen molar-refractivity contribution in [2.45, 2.75) is 38.6 Å². The summed E-state index contributed by atoms with van der Waals surface area (Å²) in [5, 5.41) is 3.74. The number of nitrogens with one attached hydrogen (secondary N) is 1. The van der Waals surface area contributed by atoms with E-state index in [9.17, 15) is 9.59 Å². The van der Waals surface area contributed by atoms with Crippen LogP contribution in [0.2, 0.25) is 5.02 Å². The summed E-state index contributed by atoms with van der Waals surface area (Å²) in [5.41, 5.74) is 3.05. The number of benzene rings is 3. The molecule has 0 aliphatic heterocycles. The van der Waals surface area contributed by atoms with Gasteiger partial charge in [0.05, 0.1) is 5.75 Å². The summed E-state index contributed by atoms with van der Waals surface area (Å²) in [6.07, 6.45) is 0.450. The van der Waals surface area contributed by atoms with Gasteiger partial charge in [-0.15, -0.1) is 11.8 Å². The number of thioether (sulfide) groups is 1. The molecule has 190 valence electrons. The molecule has 2 amide bonds. The fourth-order valence-electron chi connectivity index (χ4n) is 3.73. The maximum atomic E-state index is 13.6. The molecule has 0 unspecified atom stereocenters. The monoisotopic (exact) mass is 586 g/mol. The van der Waals surface area contributed by atoms with Crippen LogP contribution in [0.5, 0.6) is 0 Å². The largest absolute Gasteiger partial charge is 0.354 e. The number of carbonyl (C=O) groups is 2. The second-order valence-electron chi connectivity index (χ2n) is 9.12. The normalized spacial score (nSPS) is 11.8. The van der Waals surface area contributed by atoms with Crippen LogP contribution in [0, 0.1) is 5.92 Å². The minimum absolute atomic E-state index is 0.0643. The van der Waals surface area contributed by atoms with Gasteiger partial charge in [-0.25, -0.2) is 0 Å². The molecule has 3 aromatic carbocycles. The molecule has 0 aromatic heterocycles. The van der Waals surface area contributed by atoms with E-state index >= 15 is 0 Å². The molecule has 1 atom stereocenters. The first-order chi connectivity index (χ1) is 17.3. The van der Waals surface area contributed by atoms with Crippen molar-refractivity contribution in [2.24, 2.45) is 5.92 Å². The predicted octanol–water partition coefficient (Wildman–Crippen LogP) is 6.75. The van der Waals surface area contributed by atoms with Crippen molar-refractivity contribution in [2.75, 3.05) is 12.3 Å². The molecule has 0 radical (unpaired) electrons. The lowest BCUT2D eigenvalue weighted by molar-refractivity contribution is -0.139. The van der Waals surface area contributed by atoms with E-state index in [1.54, 1.807) is 4.90 Å². The standard InChI is InChI=1S/C29H32BrClN2O2S/c1-21(2)17-32-29(35)27(16-22-7-4-3-5-8-22)33(18-23-11-13-25(30)14-12-23)28(34)20-36-19-24-9-6-10-26(31)15-24/h3-15,21,27H,16-20H2,1-2H3,(H,32,35)/t27-/m0/s1. The van der Waals surface area contributed by atoms with Crippen LogP contribution in [0.15, 0.2) is 83.3 Å². The van der Waals surface area contributed by atoms with Gasteiger partial charge in [0.2, 0.25) is 11.8 Å². The molecule has 3 rings (SSSR count). The van der Waals surface area contributed by atoms with E-state index in [0.29, 0.717) is 36.2 Å². The zero-order valence-corrected chi connectivity index (χ0v) is 23.8. The summed E-state index contributed by atoms with van der Waals surface area (Å²) in [5.74, 6) is 1.06. The second-order valence-corrected chi connectivity index (χ2v) is 11.5. The third-order valence-electron chi connectivity index (χ3n) is 5.61. The summed E-state index contributed by atoms with van der Waals surface area (Å²) in [6.45, 7) is 5.04. The second kappa shape index (κ2) is 14.5. The Morgan fingerprint density at radius 1 is 0.944 bits per heavy atom. The van der Waals surface area contributed by atoms with Crippen LogP contribution in [0.25, 0.3) is 0 Å². The lowest BCUT2D eigenvalue weighted by Gasteiger charge is -2.32. The summed E-state index contributed by atoms with van der Waals surface area (Å²) in [6, 6.07) is 24.8. The number of carbonyl (C=O) groups excluding carboxylic acids is 2. The van der Waals surface area contributed by atoms with Crippen LogP contribution in [0.3, 0.4) is 0 Å². The van der Waals surface area contributed by atoms with Gasteiger partial charge < -0.3 is 10.2 Å². The summed E-state index contributed by atoms with van der Waals surface area (Å²) in [7, 11) is 0. The van der Waals surface area contributed by atoms with Crippen molar-refractivity contribution in [3.05, 3.63) is 105 Å². The Kier molecular flexibility index (Phi) is 11.4. The molecule has 0 aliphatic carbocycles. The number of hydrogen-bond acceptors (Lipinski definition) is 3. The van der Waals surface area contributed by atoms with Crippen LogP contribution in [-0.2, 0) is 28.3 Å². The molecule has 4 nitrogen and oxygen atoms in total. The number of amides is 2. The Morgan fingerprint density at radius 2 is 1.64 bits per heavy atom. The number of hydrogen-bond donors (Lipinski definition) is 1. The molecule has 7 heteroatoms. The Balaban J connectivity index is 1.83. The molecule has 0 saturated heterocycles. The van der Waals surface area contributed by atoms with Gasteiger partial charge in [0, 0.05) is 34.8 Å². The number of rotatable bonds is 12. The van der Waals surface area contributed by atoms with Crippen LogP contribution in [0.4, 0.5) is 0 Å². The first kappa shape index (κ1) is 28.3. The molecular weight excluding hydrogens is 556 g/mol.